The van der Waals surface area contributed by atoms with Crippen LogP contribution in [-0.4, -0.2) is 67.3 Å². The molecule has 224 valence electrons. The predicted octanol–water partition coefficient (Wildman–Crippen LogP) is 7.21. The van der Waals surface area contributed by atoms with E-state index in [9.17, 15) is 22.0 Å². The number of fused-ring (bicyclic) bond motifs is 1. The average Bonchev–Trinajstić information content (AvgIpc) is 2.88. The smallest absolute Gasteiger partial charge is 0.416 e. The molecule has 0 amide bonds. The van der Waals surface area contributed by atoms with Gasteiger partial charge in [-0.05, 0) is 61.8 Å². The van der Waals surface area contributed by atoms with Crippen LogP contribution in [0.1, 0.15) is 39.2 Å². The highest BCUT2D eigenvalue weighted by atomic mass is 28.4. The number of pyridine rings is 1. The van der Waals surface area contributed by atoms with Crippen LogP contribution >= 0.6 is 0 Å². The van der Waals surface area contributed by atoms with Crippen LogP contribution in [0.25, 0.3) is 22.0 Å². The van der Waals surface area contributed by atoms with Gasteiger partial charge >= 0.3 is 12.8 Å². The lowest BCUT2D eigenvalue weighted by Crippen LogP contribution is -2.46. The molecule has 1 aromatic carbocycles. The highest BCUT2D eigenvalue weighted by Gasteiger charge is 2.37. The number of hydrogen-bond acceptors (Lipinski definition) is 7. The number of benzene rings is 1. The van der Waals surface area contributed by atoms with Gasteiger partial charge in [0.05, 0.1) is 5.56 Å². The molecule has 4 rings (SSSR count). The molecule has 0 saturated carbocycles. The summed E-state index contributed by atoms with van der Waals surface area (Å²) in [6.07, 6.45) is 0.241. The van der Waals surface area contributed by atoms with Crippen molar-refractivity contribution in [3.63, 3.8) is 0 Å². The molecule has 0 unspecified atom stereocenters. The summed E-state index contributed by atoms with van der Waals surface area (Å²) in [5, 5.41) is 13.2. The molecule has 0 bridgehead atoms. The first kappa shape index (κ1) is 31.0. The molecule has 1 saturated heterocycles. The molecule has 1 atom stereocenters. The Morgan fingerprint density at radius 1 is 1.10 bits per heavy atom. The molecule has 1 aliphatic rings. The summed E-state index contributed by atoms with van der Waals surface area (Å²) >= 11 is 0. The summed E-state index contributed by atoms with van der Waals surface area (Å²) in [6.45, 7) is 11.0. The van der Waals surface area contributed by atoms with Gasteiger partial charge in [0.15, 0.2) is 14.1 Å². The van der Waals surface area contributed by atoms with Gasteiger partial charge in [0.25, 0.3) is 0 Å². The minimum absolute atomic E-state index is 0.0286. The van der Waals surface area contributed by atoms with Crippen molar-refractivity contribution >= 4 is 24.9 Å². The lowest BCUT2D eigenvalue weighted by Gasteiger charge is -2.38. The van der Waals surface area contributed by atoms with Gasteiger partial charge in [-0.2, -0.15) is 22.0 Å². The maximum Gasteiger partial charge on any atom is 0.416 e. The van der Waals surface area contributed by atoms with E-state index in [1.807, 2.05) is 0 Å². The lowest BCUT2D eigenvalue weighted by atomic mass is 10.0. The van der Waals surface area contributed by atoms with Gasteiger partial charge in [0.2, 0.25) is 0 Å². The topological polar surface area (TPSA) is 72.4 Å². The zero-order valence-corrected chi connectivity index (χ0v) is 24.9. The second-order valence-corrected chi connectivity index (χ2v) is 16.6. The normalized spacial score (nSPS) is 17.3. The Labute approximate surface area is 237 Å². The van der Waals surface area contributed by atoms with Crippen molar-refractivity contribution in [2.24, 2.45) is 0 Å². The molecule has 2 aromatic heterocycles. The molecular formula is C28H36F5N5O2Si. The van der Waals surface area contributed by atoms with Crippen LogP contribution in [0.3, 0.4) is 0 Å². The summed E-state index contributed by atoms with van der Waals surface area (Å²) in [5.74, 6) is -0.171. The number of rotatable bonds is 9. The Hall–Kier alpha value is -2.90. The van der Waals surface area contributed by atoms with Crippen molar-refractivity contribution < 1.29 is 31.1 Å². The standard InChI is InChI=1S/C28H36F5N5O2Si/c1-27(2,3)41(4,5)39-14-13-38-12-6-7-19(17-38)35-25-22-16-34-11-10-20(22)24(36-37-25)21-9-8-18(28(31,32)33)15-23(21)40-26(29)30/h8-11,15-16,19,26H,6-7,12-14,17H2,1-5H3,(H,35,37)/t19-/m1/s1. The number of halogens is 5. The first-order valence-corrected chi connectivity index (χ1v) is 16.5. The number of hydrogen-bond donors (Lipinski definition) is 1. The lowest BCUT2D eigenvalue weighted by molar-refractivity contribution is -0.138. The Balaban J connectivity index is 1.55. The quantitative estimate of drug-likeness (QED) is 0.206. The molecule has 41 heavy (non-hydrogen) atoms. The third-order valence-corrected chi connectivity index (χ3v) is 12.4. The van der Waals surface area contributed by atoms with Crippen molar-refractivity contribution in [2.45, 2.75) is 70.6 Å². The van der Waals surface area contributed by atoms with Gasteiger partial charge in [-0.15, -0.1) is 10.2 Å². The Morgan fingerprint density at radius 3 is 2.54 bits per heavy atom. The number of nitrogens with zero attached hydrogens (tertiary/aromatic N) is 4. The Bertz CT molecular complexity index is 1350. The predicted molar refractivity (Wildman–Crippen MR) is 151 cm³/mol. The van der Waals surface area contributed by atoms with Gasteiger partial charge in [-0.1, -0.05) is 20.8 Å². The molecule has 3 aromatic rings. The van der Waals surface area contributed by atoms with Crippen LogP contribution in [0.5, 0.6) is 5.75 Å². The molecule has 13 heteroatoms. The largest absolute Gasteiger partial charge is 0.434 e. The fraction of sp³-hybridized carbons (Fsp3) is 0.536. The Kier molecular flexibility index (Phi) is 9.19. The zero-order chi connectivity index (χ0) is 30.0. The second-order valence-electron chi connectivity index (χ2n) is 11.8. The molecule has 1 N–H and O–H groups in total. The number of nitrogens with one attached hydrogen (secondary N) is 1. The molecule has 7 nitrogen and oxygen atoms in total. The average molecular weight is 598 g/mol. The third kappa shape index (κ3) is 7.49. The van der Waals surface area contributed by atoms with Gasteiger partial charge in [-0.3, -0.25) is 9.88 Å². The SMILES string of the molecule is CC(C)(C)[Si](C)(C)OCCN1CCC[C@@H](Nc2nnc(-c3ccc(C(F)(F)F)cc3OC(F)F)c3ccncc23)C1. The number of likely N-dealkylation sites (tertiary alicyclic amines) is 1. The monoisotopic (exact) mass is 597 g/mol. The van der Waals surface area contributed by atoms with Crippen molar-refractivity contribution in [3.8, 4) is 17.0 Å². The van der Waals surface area contributed by atoms with Crippen LogP contribution in [0.15, 0.2) is 36.7 Å². The number of piperidine rings is 1. The second kappa shape index (κ2) is 12.1. The van der Waals surface area contributed by atoms with Crippen LogP contribution in [-0.2, 0) is 10.6 Å². The van der Waals surface area contributed by atoms with E-state index in [1.54, 1.807) is 12.3 Å². The minimum Gasteiger partial charge on any atom is -0.434 e. The summed E-state index contributed by atoms with van der Waals surface area (Å²) in [4.78, 5) is 6.54. The number of anilines is 1. The molecule has 0 spiro atoms. The van der Waals surface area contributed by atoms with Crippen LogP contribution in [0.2, 0.25) is 18.1 Å². The van der Waals surface area contributed by atoms with Gasteiger partial charge in [0.1, 0.15) is 11.4 Å². The maximum absolute atomic E-state index is 13.3. The molecule has 1 aliphatic heterocycles. The van der Waals surface area contributed by atoms with E-state index in [-0.39, 0.29) is 22.3 Å². The summed E-state index contributed by atoms with van der Waals surface area (Å²) in [6, 6.07) is 4.12. The maximum atomic E-state index is 13.3. The highest BCUT2D eigenvalue weighted by Crippen LogP contribution is 2.40. The van der Waals surface area contributed by atoms with Crippen molar-refractivity contribution in [3.05, 3.63) is 42.2 Å². The van der Waals surface area contributed by atoms with Crippen molar-refractivity contribution in [1.29, 1.82) is 0 Å². The molecule has 3 heterocycles. The van der Waals surface area contributed by atoms with Gasteiger partial charge in [0, 0.05) is 54.5 Å². The van der Waals surface area contributed by atoms with E-state index in [2.05, 4.69) is 64.0 Å². The number of aromatic nitrogens is 3. The third-order valence-electron chi connectivity index (χ3n) is 7.88. The zero-order valence-electron chi connectivity index (χ0n) is 23.9. The van der Waals surface area contributed by atoms with E-state index < -0.39 is 32.4 Å². The molecule has 0 aliphatic carbocycles. The summed E-state index contributed by atoms with van der Waals surface area (Å²) < 4.78 is 76.9. The van der Waals surface area contributed by atoms with Crippen LogP contribution < -0.4 is 10.1 Å². The molecule has 0 radical (unpaired) electrons. The highest BCUT2D eigenvalue weighted by molar-refractivity contribution is 6.74. The van der Waals surface area contributed by atoms with Crippen molar-refractivity contribution in [2.75, 3.05) is 31.6 Å². The summed E-state index contributed by atoms with van der Waals surface area (Å²) in [5.41, 5.74) is -1.02. The fourth-order valence-electron chi connectivity index (χ4n) is 4.61. The van der Waals surface area contributed by atoms with Gasteiger partial charge < -0.3 is 14.5 Å². The first-order valence-electron chi connectivity index (χ1n) is 13.6. The number of alkyl halides is 5. The van der Waals surface area contributed by atoms with Gasteiger partial charge in [-0.25, -0.2) is 0 Å². The Morgan fingerprint density at radius 2 is 1.85 bits per heavy atom. The van der Waals surface area contributed by atoms with Crippen LogP contribution in [0, 0.1) is 0 Å². The van der Waals surface area contributed by atoms with E-state index >= 15 is 0 Å². The minimum atomic E-state index is -4.73. The van der Waals surface area contributed by atoms with Crippen molar-refractivity contribution in [1.82, 2.24) is 20.1 Å². The summed E-state index contributed by atoms with van der Waals surface area (Å²) in [7, 11) is -1.83. The molecule has 1 fully saturated rings. The van der Waals surface area contributed by atoms with Crippen LogP contribution in [0.4, 0.5) is 27.8 Å². The van der Waals surface area contributed by atoms with E-state index in [4.69, 9.17) is 4.43 Å². The molecular weight excluding hydrogens is 561 g/mol. The number of ether oxygens (including phenoxy) is 1. The first-order chi connectivity index (χ1) is 19.2. The fourth-order valence-corrected chi connectivity index (χ4v) is 5.64. The van der Waals surface area contributed by atoms with E-state index in [1.165, 1.54) is 6.20 Å². The van der Waals surface area contributed by atoms with E-state index in [0.29, 0.717) is 29.3 Å². The van der Waals surface area contributed by atoms with E-state index in [0.717, 1.165) is 44.6 Å².